The van der Waals surface area contributed by atoms with E-state index in [9.17, 15) is 4.79 Å². The smallest absolute Gasteiger partial charge is 0.291 e. The van der Waals surface area contributed by atoms with Gasteiger partial charge in [0.15, 0.2) is 10.9 Å². The number of carbonyl (C=O) groups is 1. The lowest BCUT2D eigenvalue weighted by Crippen LogP contribution is -2.10. The Bertz CT molecular complexity index is 564. The fourth-order valence-electron chi connectivity index (χ4n) is 1.83. The summed E-state index contributed by atoms with van der Waals surface area (Å²) in [4.78, 5) is 11.9. The van der Waals surface area contributed by atoms with E-state index in [0.29, 0.717) is 5.09 Å². The minimum absolute atomic E-state index is 0.257. The van der Waals surface area contributed by atoms with Crippen molar-refractivity contribution in [2.24, 2.45) is 5.14 Å². The number of rotatable bonds is 6. The van der Waals surface area contributed by atoms with Crippen molar-refractivity contribution in [3.8, 4) is 0 Å². The molecule has 3 N–H and O–H groups in total. The molecule has 0 fully saturated rings. The summed E-state index contributed by atoms with van der Waals surface area (Å²) in [6, 6.07) is 11.2. The zero-order chi connectivity index (χ0) is 14.4. The van der Waals surface area contributed by atoms with Crippen LogP contribution < -0.4 is 10.5 Å². The highest BCUT2D eigenvalue weighted by Gasteiger charge is 2.11. The van der Waals surface area contributed by atoms with E-state index < -0.39 is 0 Å². The molecule has 1 heterocycles. The van der Waals surface area contributed by atoms with Crippen LogP contribution in [0.4, 0.5) is 5.69 Å². The Balaban J connectivity index is 1.97. The lowest BCUT2D eigenvalue weighted by molar-refractivity contribution is 0.0992. The van der Waals surface area contributed by atoms with Crippen molar-refractivity contribution in [1.82, 2.24) is 0 Å². The maximum atomic E-state index is 11.9. The second-order valence-electron chi connectivity index (χ2n) is 4.49. The molecule has 0 atom stereocenters. The first-order valence-electron chi connectivity index (χ1n) is 6.59. The molecule has 0 aliphatic carbocycles. The van der Waals surface area contributed by atoms with Gasteiger partial charge in [-0.05, 0) is 54.6 Å². The predicted octanol–water partition coefficient (Wildman–Crippen LogP) is 3.84. The molecule has 0 aliphatic rings. The first kappa shape index (κ1) is 14.7. The van der Waals surface area contributed by atoms with Gasteiger partial charge in [-0.2, -0.15) is 0 Å². The predicted molar refractivity (Wildman–Crippen MR) is 81.8 cm³/mol. The molecule has 1 aromatic heterocycles. The van der Waals surface area contributed by atoms with E-state index in [4.69, 9.17) is 9.56 Å². The molecule has 5 heteroatoms. The minimum atomic E-state index is -0.272. The van der Waals surface area contributed by atoms with Crippen LogP contribution in [0.15, 0.2) is 45.9 Å². The molecule has 1 amide bonds. The Morgan fingerprint density at radius 2 is 2.00 bits per heavy atom. The molecule has 1 aromatic carbocycles. The molecule has 20 heavy (non-hydrogen) atoms. The number of amides is 1. The number of carbonyl (C=O) groups excluding carboxylic acids is 1. The molecule has 2 rings (SSSR count). The quantitative estimate of drug-likeness (QED) is 0.793. The number of aryl methyl sites for hydroxylation is 1. The van der Waals surface area contributed by atoms with Crippen LogP contribution in [-0.2, 0) is 6.42 Å². The number of nitrogens with one attached hydrogen (secondary N) is 1. The summed E-state index contributed by atoms with van der Waals surface area (Å²) in [7, 11) is 0. The number of anilines is 1. The Kier molecular flexibility index (Phi) is 5.26. The number of furan rings is 1. The largest absolute Gasteiger partial charge is 0.443 e. The van der Waals surface area contributed by atoms with Gasteiger partial charge < -0.3 is 9.73 Å². The fourth-order valence-corrected chi connectivity index (χ4v) is 2.12. The van der Waals surface area contributed by atoms with Gasteiger partial charge in [-0.25, -0.2) is 0 Å². The van der Waals surface area contributed by atoms with Crippen LogP contribution in [-0.4, -0.2) is 5.91 Å². The average molecular weight is 290 g/mol. The molecule has 4 nitrogen and oxygen atoms in total. The molecule has 0 bridgehead atoms. The lowest BCUT2D eigenvalue weighted by atomic mass is 10.1. The number of hydrogen-bond donors (Lipinski definition) is 2. The second-order valence-corrected chi connectivity index (χ2v) is 5.13. The molecule has 0 spiro atoms. The van der Waals surface area contributed by atoms with Gasteiger partial charge in [0.25, 0.3) is 5.91 Å². The van der Waals surface area contributed by atoms with Gasteiger partial charge in [-0.3, -0.25) is 9.93 Å². The zero-order valence-electron chi connectivity index (χ0n) is 11.4. The van der Waals surface area contributed by atoms with Crippen molar-refractivity contribution < 1.29 is 9.21 Å². The monoisotopic (exact) mass is 290 g/mol. The summed E-state index contributed by atoms with van der Waals surface area (Å²) < 4.78 is 5.27. The van der Waals surface area contributed by atoms with E-state index >= 15 is 0 Å². The fraction of sp³-hybridized carbons (Fsp3) is 0.267. The third-order valence-electron chi connectivity index (χ3n) is 2.95. The number of hydrogen-bond acceptors (Lipinski definition) is 4. The van der Waals surface area contributed by atoms with Gasteiger partial charge in [0.1, 0.15) is 0 Å². The van der Waals surface area contributed by atoms with E-state index in [2.05, 4.69) is 12.2 Å². The van der Waals surface area contributed by atoms with Crippen LogP contribution in [0.1, 0.15) is 35.9 Å². The Morgan fingerprint density at radius 3 is 2.60 bits per heavy atom. The molecule has 0 saturated heterocycles. The van der Waals surface area contributed by atoms with Crippen molar-refractivity contribution in [3.05, 3.63) is 47.7 Å². The van der Waals surface area contributed by atoms with Gasteiger partial charge >= 0.3 is 0 Å². The van der Waals surface area contributed by atoms with Crippen LogP contribution in [0, 0.1) is 0 Å². The van der Waals surface area contributed by atoms with Crippen molar-refractivity contribution in [2.45, 2.75) is 31.3 Å². The SMILES string of the molecule is CCCCc1ccc(NC(=O)c2ccc(SN)o2)cc1. The topological polar surface area (TPSA) is 68.3 Å². The van der Waals surface area contributed by atoms with Crippen LogP contribution in [0.5, 0.6) is 0 Å². The van der Waals surface area contributed by atoms with E-state index in [0.717, 1.165) is 24.1 Å². The van der Waals surface area contributed by atoms with E-state index in [1.54, 1.807) is 12.1 Å². The average Bonchev–Trinajstić information content (AvgIpc) is 2.95. The van der Waals surface area contributed by atoms with Gasteiger partial charge in [0.2, 0.25) is 0 Å². The van der Waals surface area contributed by atoms with Crippen molar-refractivity contribution in [3.63, 3.8) is 0 Å². The van der Waals surface area contributed by atoms with Gasteiger partial charge in [0, 0.05) is 5.69 Å². The van der Waals surface area contributed by atoms with Gasteiger partial charge in [-0.15, -0.1) is 0 Å². The lowest BCUT2D eigenvalue weighted by Gasteiger charge is -2.05. The molecule has 0 unspecified atom stereocenters. The summed E-state index contributed by atoms with van der Waals surface area (Å²) in [5.41, 5.74) is 2.04. The highest BCUT2D eigenvalue weighted by atomic mass is 32.2. The van der Waals surface area contributed by atoms with E-state index in [-0.39, 0.29) is 11.7 Å². The Morgan fingerprint density at radius 1 is 1.25 bits per heavy atom. The number of benzene rings is 1. The van der Waals surface area contributed by atoms with Crippen LogP contribution >= 0.6 is 11.9 Å². The maximum absolute atomic E-state index is 11.9. The molecule has 0 radical (unpaired) electrons. The normalized spacial score (nSPS) is 10.5. The summed E-state index contributed by atoms with van der Waals surface area (Å²) in [5.74, 6) is -0.0142. The molecule has 0 aliphatic heterocycles. The van der Waals surface area contributed by atoms with Crippen LogP contribution in [0.2, 0.25) is 0 Å². The third-order valence-corrected chi connectivity index (χ3v) is 3.40. The highest BCUT2D eigenvalue weighted by Crippen LogP contribution is 2.18. The molecular weight excluding hydrogens is 272 g/mol. The molecule has 106 valence electrons. The zero-order valence-corrected chi connectivity index (χ0v) is 12.2. The van der Waals surface area contributed by atoms with Crippen molar-refractivity contribution >= 4 is 23.5 Å². The standard InChI is InChI=1S/C15H18N2O2S/c1-2-3-4-11-5-7-12(8-6-11)17-15(18)13-9-10-14(19-13)20-16/h5-10H,2-4,16H2,1H3,(H,17,18). The first-order chi connectivity index (χ1) is 9.72. The molecule has 2 aromatic rings. The minimum Gasteiger partial charge on any atom is -0.443 e. The van der Waals surface area contributed by atoms with Crippen molar-refractivity contribution in [2.75, 3.05) is 5.32 Å². The summed E-state index contributed by atoms with van der Waals surface area (Å²) in [5, 5.41) is 8.68. The third kappa shape index (κ3) is 3.88. The summed E-state index contributed by atoms with van der Waals surface area (Å²) >= 11 is 0.976. The number of unbranched alkanes of at least 4 members (excludes halogenated alkanes) is 1. The van der Waals surface area contributed by atoms with E-state index in [1.807, 2.05) is 24.3 Å². The maximum Gasteiger partial charge on any atom is 0.291 e. The molecule has 0 saturated carbocycles. The molecular formula is C15H18N2O2S. The second kappa shape index (κ2) is 7.17. The summed E-state index contributed by atoms with van der Waals surface area (Å²) in [6.07, 6.45) is 3.43. The Hall–Kier alpha value is -1.72. The van der Waals surface area contributed by atoms with Crippen LogP contribution in [0.25, 0.3) is 0 Å². The van der Waals surface area contributed by atoms with Crippen molar-refractivity contribution in [1.29, 1.82) is 0 Å². The summed E-state index contributed by atoms with van der Waals surface area (Å²) in [6.45, 7) is 2.17. The van der Waals surface area contributed by atoms with E-state index in [1.165, 1.54) is 18.4 Å². The Labute approximate surface area is 122 Å². The van der Waals surface area contributed by atoms with Crippen LogP contribution in [0.3, 0.4) is 0 Å². The first-order valence-corrected chi connectivity index (χ1v) is 7.47. The highest BCUT2D eigenvalue weighted by molar-refractivity contribution is 7.96. The number of nitrogens with two attached hydrogens (primary N) is 1. The van der Waals surface area contributed by atoms with Gasteiger partial charge in [-0.1, -0.05) is 25.5 Å². The van der Waals surface area contributed by atoms with Gasteiger partial charge in [0.05, 0.1) is 0 Å².